The van der Waals surface area contributed by atoms with E-state index >= 15 is 0 Å². The number of hydrogen-bond donors (Lipinski definition) is 2. The molecule has 0 radical (unpaired) electrons. The van der Waals surface area contributed by atoms with Crippen LogP contribution in [0, 0.1) is 0 Å². The third-order valence-electron chi connectivity index (χ3n) is 2.11. The molecule has 0 fully saturated rings. The van der Waals surface area contributed by atoms with Crippen molar-refractivity contribution in [2.75, 3.05) is 25.0 Å². The molecular formula is C11H13ClF2N2O2. The Morgan fingerprint density at radius 3 is 2.50 bits per heavy atom. The van der Waals surface area contributed by atoms with E-state index in [4.69, 9.17) is 16.7 Å². The summed E-state index contributed by atoms with van der Waals surface area (Å²) in [6.07, 6.45) is -2.65. The van der Waals surface area contributed by atoms with E-state index in [9.17, 15) is 13.6 Å². The highest BCUT2D eigenvalue weighted by molar-refractivity contribution is 6.30. The van der Waals surface area contributed by atoms with Crippen LogP contribution < -0.4 is 5.32 Å². The molecule has 0 aliphatic carbocycles. The minimum Gasteiger partial charge on any atom is -0.395 e. The van der Waals surface area contributed by atoms with Gasteiger partial charge in [0.15, 0.2) is 0 Å². The van der Waals surface area contributed by atoms with Crippen molar-refractivity contribution >= 4 is 23.3 Å². The average Bonchev–Trinajstić information content (AvgIpc) is 2.31. The van der Waals surface area contributed by atoms with Crippen molar-refractivity contribution in [1.82, 2.24) is 4.90 Å². The number of amides is 2. The van der Waals surface area contributed by atoms with Gasteiger partial charge in [0.2, 0.25) is 0 Å². The molecule has 0 saturated carbocycles. The summed E-state index contributed by atoms with van der Waals surface area (Å²) in [5.74, 6) is 0. The van der Waals surface area contributed by atoms with Gasteiger partial charge in [-0.05, 0) is 24.3 Å². The molecule has 2 amide bonds. The Balaban J connectivity index is 2.63. The van der Waals surface area contributed by atoms with E-state index in [0.29, 0.717) is 10.7 Å². The molecule has 1 rings (SSSR count). The first-order valence-corrected chi connectivity index (χ1v) is 5.61. The van der Waals surface area contributed by atoms with Crippen LogP contribution in [0.15, 0.2) is 24.3 Å². The maximum Gasteiger partial charge on any atom is 0.322 e. The second-order valence-corrected chi connectivity index (χ2v) is 3.93. The number of halogens is 3. The number of aliphatic hydroxyl groups is 1. The van der Waals surface area contributed by atoms with Crippen LogP contribution >= 0.6 is 11.6 Å². The Hall–Kier alpha value is -1.40. The van der Waals surface area contributed by atoms with Crippen LogP contribution in [-0.4, -0.2) is 42.2 Å². The smallest absolute Gasteiger partial charge is 0.322 e. The summed E-state index contributed by atoms with van der Waals surface area (Å²) in [6.45, 7) is -1.25. The van der Waals surface area contributed by atoms with Crippen LogP contribution in [0.1, 0.15) is 0 Å². The lowest BCUT2D eigenvalue weighted by Crippen LogP contribution is -2.40. The fourth-order valence-electron chi connectivity index (χ4n) is 1.30. The SMILES string of the molecule is O=C(Nc1ccc(Cl)cc1)N(CCO)CC(F)F. The summed E-state index contributed by atoms with van der Waals surface area (Å²) >= 11 is 5.67. The van der Waals surface area contributed by atoms with Crippen LogP contribution in [-0.2, 0) is 0 Å². The molecule has 4 nitrogen and oxygen atoms in total. The number of rotatable bonds is 5. The van der Waals surface area contributed by atoms with Crippen LogP contribution in [0.25, 0.3) is 0 Å². The van der Waals surface area contributed by atoms with Gasteiger partial charge in [0.25, 0.3) is 6.43 Å². The van der Waals surface area contributed by atoms with Crippen molar-refractivity contribution in [1.29, 1.82) is 0 Å². The Labute approximate surface area is 108 Å². The van der Waals surface area contributed by atoms with Gasteiger partial charge < -0.3 is 15.3 Å². The number of anilines is 1. The molecule has 0 spiro atoms. The molecule has 0 aromatic heterocycles. The highest BCUT2D eigenvalue weighted by Crippen LogP contribution is 2.14. The molecule has 1 aromatic rings. The zero-order chi connectivity index (χ0) is 13.5. The molecule has 0 saturated heterocycles. The molecule has 0 bridgehead atoms. The normalized spacial score (nSPS) is 10.5. The van der Waals surface area contributed by atoms with E-state index in [1.54, 1.807) is 24.3 Å². The Kier molecular flexibility index (Phi) is 5.80. The number of hydrogen-bond acceptors (Lipinski definition) is 2. The van der Waals surface area contributed by atoms with Gasteiger partial charge in [0.1, 0.15) is 0 Å². The fraction of sp³-hybridized carbons (Fsp3) is 0.364. The van der Waals surface area contributed by atoms with Crippen LogP contribution in [0.2, 0.25) is 5.02 Å². The van der Waals surface area contributed by atoms with Crippen LogP contribution in [0.5, 0.6) is 0 Å². The summed E-state index contributed by atoms with van der Waals surface area (Å²) in [4.78, 5) is 12.5. The van der Waals surface area contributed by atoms with E-state index in [2.05, 4.69) is 5.32 Å². The van der Waals surface area contributed by atoms with Crippen LogP contribution in [0.3, 0.4) is 0 Å². The topological polar surface area (TPSA) is 52.6 Å². The summed E-state index contributed by atoms with van der Waals surface area (Å²) in [6, 6.07) is 5.56. The van der Waals surface area contributed by atoms with E-state index in [0.717, 1.165) is 4.90 Å². The summed E-state index contributed by atoms with van der Waals surface area (Å²) in [7, 11) is 0. The van der Waals surface area contributed by atoms with Gasteiger partial charge in [-0.2, -0.15) is 0 Å². The first-order chi connectivity index (χ1) is 8.52. The van der Waals surface area contributed by atoms with Gasteiger partial charge in [-0.15, -0.1) is 0 Å². The van der Waals surface area contributed by atoms with E-state index in [1.807, 2.05) is 0 Å². The maximum absolute atomic E-state index is 12.2. The van der Waals surface area contributed by atoms with Crippen molar-refractivity contribution in [3.8, 4) is 0 Å². The van der Waals surface area contributed by atoms with Crippen molar-refractivity contribution in [3.63, 3.8) is 0 Å². The largest absolute Gasteiger partial charge is 0.395 e. The standard InChI is InChI=1S/C11H13ClF2N2O2/c12-8-1-3-9(4-2-8)15-11(18)16(5-6-17)7-10(13)14/h1-4,10,17H,5-7H2,(H,15,18). The van der Waals surface area contributed by atoms with Crippen LogP contribution in [0.4, 0.5) is 19.3 Å². The molecule has 7 heteroatoms. The molecule has 18 heavy (non-hydrogen) atoms. The number of nitrogens with zero attached hydrogens (tertiary/aromatic N) is 1. The number of carbonyl (C=O) groups excluding carboxylic acids is 1. The summed E-state index contributed by atoms with van der Waals surface area (Å²) in [5.41, 5.74) is 0.446. The molecule has 100 valence electrons. The number of nitrogens with one attached hydrogen (secondary N) is 1. The lowest BCUT2D eigenvalue weighted by Gasteiger charge is -2.21. The Morgan fingerprint density at radius 2 is 2.00 bits per heavy atom. The highest BCUT2D eigenvalue weighted by Gasteiger charge is 2.17. The summed E-state index contributed by atoms with van der Waals surface area (Å²) < 4.78 is 24.5. The third kappa shape index (κ3) is 4.85. The number of benzene rings is 1. The number of aliphatic hydroxyl groups excluding tert-OH is 1. The molecule has 0 aliphatic heterocycles. The van der Waals surface area contributed by atoms with Gasteiger partial charge in [-0.25, -0.2) is 13.6 Å². The average molecular weight is 279 g/mol. The monoisotopic (exact) mass is 278 g/mol. The second-order valence-electron chi connectivity index (χ2n) is 3.50. The van der Waals surface area contributed by atoms with Crippen molar-refractivity contribution < 1.29 is 18.7 Å². The lowest BCUT2D eigenvalue weighted by molar-refractivity contribution is 0.0943. The zero-order valence-electron chi connectivity index (χ0n) is 9.44. The van der Waals surface area contributed by atoms with Gasteiger partial charge >= 0.3 is 6.03 Å². The first kappa shape index (κ1) is 14.7. The van der Waals surface area contributed by atoms with Crippen molar-refractivity contribution in [3.05, 3.63) is 29.3 Å². The molecule has 1 aromatic carbocycles. The first-order valence-electron chi connectivity index (χ1n) is 5.23. The van der Waals surface area contributed by atoms with Gasteiger partial charge in [0.05, 0.1) is 13.2 Å². The molecule has 0 unspecified atom stereocenters. The van der Waals surface area contributed by atoms with E-state index < -0.39 is 19.0 Å². The number of alkyl halides is 2. The molecule has 0 atom stereocenters. The molecular weight excluding hydrogens is 266 g/mol. The minimum absolute atomic E-state index is 0.149. The second kappa shape index (κ2) is 7.13. The van der Waals surface area contributed by atoms with Crippen molar-refractivity contribution in [2.45, 2.75) is 6.43 Å². The Bertz CT molecular complexity index is 387. The quantitative estimate of drug-likeness (QED) is 0.869. The van der Waals surface area contributed by atoms with Gasteiger partial charge in [-0.1, -0.05) is 11.6 Å². The number of urea groups is 1. The van der Waals surface area contributed by atoms with Gasteiger partial charge in [-0.3, -0.25) is 0 Å². The predicted molar refractivity (Wildman–Crippen MR) is 65.1 cm³/mol. The van der Waals surface area contributed by atoms with E-state index in [-0.39, 0.29) is 13.2 Å². The zero-order valence-corrected chi connectivity index (χ0v) is 10.2. The minimum atomic E-state index is -2.65. The summed E-state index contributed by atoms with van der Waals surface area (Å²) in [5, 5.41) is 11.7. The third-order valence-corrected chi connectivity index (χ3v) is 2.36. The van der Waals surface area contributed by atoms with E-state index in [1.165, 1.54) is 0 Å². The molecule has 0 heterocycles. The maximum atomic E-state index is 12.2. The predicted octanol–water partition coefficient (Wildman–Crippen LogP) is 2.43. The Morgan fingerprint density at radius 1 is 1.39 bits per heavy atom. The van der Waals surface area contributed by atoms with Crippen molar-refractivity contribution in [2.24, 2.45) is 0 Å². The molecule has 2 N–H and O–H groups in total. The molecule has 0 aliphatic rings. The fourth-order valence-corrected chi connectivity index (χ4v) is 1.42. The number of carbonyl (C=O) groups is 1. The lowest BCUT2D eigenvalue weighted by atomic mass is 10.3. The highest BCUT2D eigenvalue weighted by atomic mass is 35.5. The van der Waals surface area contributed by atoms with Gasteiger partial charge in [0, 0.05) is 17.3 Å².